The molecule has 31 heavy (non-hydrogen) atoms. The predicted octanol–water partition coefficient (Wildman–Crippen LogP) is 5.95. The van der Waals surface area contributed by atoms with Crippen molar-refractivity contribution >= 4 is 17.7 Å². The summed E-state index contributed by atoms with van der Waals surface area (Å²) in [6.07, 6.45) is 3.17. The number of benzene rings is 2. The first-order chi connectivity index (χ1) is 14.9. The van der Waals surface area contributed by atoms with Gasteiger partial charge in [0.25, 0.3) is 0 Å². The van der Waals surface area contributed by atoms with Gasteiger partial charge in [-0.1, -0.05) is 30.7 Å². The van der Waals surface area contributed by atoms with E-state index in [-0.39, 0.29) is 23.8 Å². The van der Waals surface area contributed by atoms with Gasteiger partial charge in [-0.05, 0) is 80.0 Å². The van der Waals surface area contributed by atoms with Crippen LogP contribution in [0.5, 0.6) is 0 Å². The lowest BCUT2D eigenvalue weighted by Gasteiger charge is -2.33. The summed E-state index contributed by atoms with van der Waals surface area (Å²) >= 11 is 0. The first-order valence-electron chi connectivity index (χ1n) is 10.6. The zero-order chi connectivity index (χ0) is 22.0. The minimum Gasteiger partial charge on any atom is -0.447 e. The maximum Gasteiger partial charge on any atom is 0.513 e. The lowest BCUT2D eigenvalue weighted by molar-refractivity contribution is -0.149. The number of hydrogen-bond acceptors (Lipinski definition) is 5. The number of hydrogen-bond donors (Lipinski definition) is 0. The van der Waals surface area contributed by atoms with Crippen molar-refractivity contribution in [3.05, 3.63) is 65.2 Å². The lowest BCUT2D eigenvalue weighted by Crippen LogP contribution is -2.36. The van der Waals surface area contributed by atoms with E-state index >= 15 is 0 Å². The van der Waals surface area contributed by atoms with Crippen LogP contribution in [0.3, 0.4) is 0 Å². The van der Waals surface area contributed by atoms with E-state index in [1.807, 2.05) is 25.1 Å². The van der Waals surface area contributed by atoms with E-state index in [2.05, 4.69) is 0 Å². The average Bonchev–Trinajstić information content (AvgIpc) is 3.00. The van der Waals surface area contributed by atoms with Gasteiger partial charge in [0.05, 0.1) is 6.61 Å². The number of carbonyl (C=O) groups excluding carboxylic acids is 2. The van der Waals surface area contributed by atoms with E-state index in [1.165, 1.54) is 12.1 Å². The number of aryl methyl sites for hydroxylation is 1. The summed E-state index contributed by atoms with van der Waals surface area (Å²) in [5.74, 6) is -0.571. The fraction of sp³-hybridized carbons (Fsp3) is 0.360. The quantitative estimate of drug-likeness (QED) is 0.568. The highest BCUT2D eigenvalue weighted by atomic mass is 19.1. The van der Waals surface area contributed by atoms with Crippen LogP contribution < -0.4 is 0 Å². The van der Waals surface area contributed by atoms with Crippen LogP contribution in [0.15, 0.2) is 48.2 Å². The summed E-state index contributed by atoms with van der Waals surface area (Å²) in [7, 11) is 0. The molecule has 1 saturated carbocycles. The molecule has 0 amide bonds. The van der Waals surface area contributed by atoms with Crippen LogP contribution in [0.2, 0.25) is 0 Å². The fourth-order valence-electron chi connectivity index (χ4n) is 4.37. The smallest absolute Gasteiger partial charge is 0.447 e. The normalized spacial score (nSPS) is 17.6. The number of rotatable bonds is 4. The molecule has 6 heteroatoms. The van der Waals surface area contributed by atoms with E-state index in [0.29, 0.717) is 18.4 Å². The topological polar surface area (TPSA) is 61.8 Å². The van der Waals surface area contributed by atoms with E-state index in [4.69, 9.17) is 14.2 Å². The van der Waals surface area contributed by atoms with E-state index in [0.717, 1.165) is 36.0 Å². The molecule has 0 aromatic heterocycles. The molecular formula is C25H25FO5. The van der Waals surface area contributed by atoms with Gasteiger partial charge in [-0.3, -0.25) is 0 Å². The van der Waals surface area contributed by atoms with E-state index < -0.39 is 17.7 Å². The van der Waals surface area contributed by atoms with Crippen LogP contribution >= 0.6 is 0 Å². The van der Waals surface area contributed by atoms with Gasteiger partial charge in [0, 0.05) is 0 Å². The summed E-state index contributed by atoms with van der Waals surface area (Å²) in [5.41, 5.74) is 2.44. The summed E-state index contributed by atoms with van der Waals surface area (Å²) in [6, 6.07) is 11.8. The monoisotopic (exact) mass is 424 g/mol. The van der Waals surface area contributed by atoms with Crippen molar-refractivity contribution in [2.75, 3.05) is 6.61 Å². The molecule has 1 fully saturated rings. The van der Waals surface area contributed by atoms with Crippen LogP contribution in [0.25, 0.3) is 16.7 Å². The Balaban J connectivity index is 1.84. The van der Waals surface area contributed by atoms with Gasteiger partial charge in [0.1, 0.15) is 11.4 Å². The van der Waals surface area contributed by atoms with E-state index in [9.17, 15) is 14.0 Å². The highest BCUT2D eigenvalue weighted by Gasteiger charge is 2.51. The molecule has 1 spiro atoms. The molecule has 162 valence electrons. The number of ether oxygens (including phenoxy) is 3. The third-order valence-corrected chi connectivity index (χ3v) is 5.93. The lowest BCUT2D eigenvalue weighted by atomic mass is 9.82. The third-order valence-electron chi connectivity index (χ3n) is 5.93. The second-order valence-electron chi connectivity index (χ2n) is 7.97. The summed E-state index contributed by atoms with van der Waals surface area (Å²) in [4.78, 5) is 25.3. The van der Waals surface area contributed by atoms with Gasteiger partial charge in [-0.2, -0.15) is 0 Å². The van der Waals surface area contributed by atoms with Crippen molar-refractivity contribution in [2.45, 2.75) is 51.6 Å². The van der Waals surface area contributed by atoms with Crippen molar-refractivity contribution in [1.29, 1.82) is 0 Å². The van der Waals surface area contributed by atoms with Gasteiger partial charge in [-0.15, -0.1) is 0 Å². The van der Waals surface area contributed by atoms with Crippen molar-refractivity contribution in [1.82, 2.24) is 0 Å². The molecule has 5 nitrogen and oxygen atoms in total. The molecule has 1 aliphatic carbocycles. The summed E-state index contributed by atoms with van der Waals surface area (Å²) < 4.78 is 29.8. The minimum atomic E-state index is -0.935. The zero-order valence-electron chi connectivity index (χ0n) is 17.7. The zero-order valence-corrected chi connectivity index (χ0v) is 17.7. The number of carbonyl (C=O) groups is 2. The SMILES string of the molecule is CCOC(=O)OC1=C(c2cc(-c3ccc(F)cc3)ccc2C)C(=O)OC12CCCCC2. The Kier molecular flexibility index (Phi) is 5.81. The highest BCUT2D eigenvalue weighted by Crippen LogP contribution is 2.48. The molecule has 0 radical (unpaired) electrons. The highest BCUT2D eigenvalue weighted by molar-refractivity contribution is 6.20. The Morgan fingerprint density at radius 2 is 1.74 bits per heavy atom. The van der Waals surface area contributed by atoms with Gasteiger partial charge in [0.2, 0.25) is 0 Å². The van der Waals surface area contributed by atoms with Crippen LogP contribution in [-0.4, -0.2) is 24.3 Å². The van der Waals surface area contributed by atoms with Crippen molar-refractivity contribution < 1.29 is 28.2 Å². The summed E-state index contributed by atoms with van der Waals surface area (Å²) in [6.45, 7) is 3.75. The first kappa shape index (κ1) is 21.1. The second kappa shape index (κ2) is 8.53. The molecule has 1 aliphatic heterocycles. The van der Waals surface area contributed by atoms with Gasteiger partial charge in [0.15, 0.2) is 11.4 Å². The molecular weight excluding hydrogens is 399 g/mol. The molecule has 4 rings (SSSR count). The van der Waals surface area contributed by atoms with Crippen LogP contribution in [0, 0.1) is 12.7 Å². The average molecular weight is 424 g/mol. The van der Waals surface area contributed by atoms with Crippen LogP contribution in [0.1, 0.15) is 50.2 Å². The maximum atomic E-state index is 13.4. The van der Waals surface area contributed by atoms with Crippen molar-refractivity contribution in [3.63, 3.8) is 0 Å². The first-order valence-corrected chi connectivity index (χ1v) is 10.6. The molecule has 0 bridgehead atoms. The van der Waals surface area contributed by atoms with Gasteiger partial charge in [-0.25, -0.2) is 14.0 Å². The number of halogens is 1. The molecule has 2 aromatic rings. The number of esters is 1. The molecule has 0 saturated heterocycles. The molecule has 0 N–H and O–H groups in total. The minimum absolute atomic E-state index is 0.169. The second-order valence-corrected chi connectivity index (χ2v) is 7.97. The largest absolute Gasteiger partial charge is 0.513 e. The Hall–Kier alpha value is -3.15. The van der Waals surface area contributed by atoms with Gasteiger partial charge < -0.3 is 14.2 Å². The van der Waals surface area contributed by atoms with Crippen LogP contribution in [-0.2, 0) is 19.0 Å². The Morgan fingerprint density at radius 1 is 1.06 bits per heavy atom. The fourth-order valence-corrected chi connectivity index (χ4v) is 4.37. The van der Waals surface area contributed by atoms with Crippen molar-refractivity contribution in [2.24, 2.45) is 0 Å². The van der Waals surface area contributed by atoms with E-state index in [1.54, 1.807) is 19.1 Å². The Morgan fingerprint density at radius 3 is 2.42 bits per heavy atom. The molecule has 0 atom stereocenters. The third kappa shape index (κ3) is 4.07. The molecule has 2 aliphatic rings. The van der Waals surface area contributed by atoms with Crippen molar-refractivity contribution in [3.8, 4) is 11.1 Å². The maximum absolute atomic E-state index is 13.4. The standard InChI is InChI=1S/C25H25FO5/c1-3-29-24(28)30-22-21(23(27)31-25(22)13-5-4-6-14-25)20-15-18(8-7-16(20)2)17-9-11-19(26)12-10-17/h7-12,15H,3-6,13-14H2,1-2H3. The molecule has 0 unspecified atom stereocenters. The predicted molar refractivity (Wildman–Crippen MR) is 114 cm³/mol. The Labute approximate surface area is 180 Å². The van der Waals surface area contributed by atoms with Crippen LogP contribution in [0.4, 0.5) is 9.18 Å². The summed E-state index contributed by atoms with van der Waals surface area (Å²) in [5, 5.41) is 0. The Bertz CT molecular complexity index is 1030. The molecule has 1 heterocycles. The molecule has 2 aromatic carbocycles. The van der Waals surface area contributed by atoms with Gasteiger partial charge >= 0.3 is 12.1 Å².